The molecule has 25 heavy (non-hydrogen) atoms. The predicted octanol–water partition coefficient (Wildman–Crippen LogP) is -0.168. The van der Waals surface area contributed by atoms with E-state index in [4.69, 9.17) is 9.47 Å². The van der Waals surface area contributed by atoms with Crippen LogP contribution < -0.4 is 10.6 Å². The quantitative estimate of drug-likeness (QED) is 0.360. The first-order chi connectivity index (χ1) is 11.5. The highest BCUT2D eigenvalue weighted by molar-refractivity contribution is 7.90. The van der Waals surface area contributed by atoms with Crippen LogP contribution in [-0.2, 0) is 19.3 Å². The molecule has 0 unspecified atom stereocenters. The number of guanidine groups is 1. The Hall–Kier alpha value is -1.55. The second-order valence-corrected chi connectivity index (χ2v) is 9.23. The highest BCUT2D eigenvalue weighted by Crippen LogP contribution is 2.15. The van der Waals surface area contributed by atoms with Gasteiger partial charge in [-0.1, -0.05) is 0 Å². The van der Waals surface area contributed by atoms with Gasteiger partial charge in [0.1, 0.15) is 15.4 Å². The first-order valence-corrected chi connectivity index (χ1v) is 10.3. The maximum Gasteiger partial charge on any atom is 0.410 e. The number of hydrogen-bond donors (Lipinski definition) is 2. The van der Waals surface area contributed by atoms with Crippen molar-refractivity contribution in [2.24, 2.45) is 4.99 Å². The molecule has 0 aliphatic carbocycles. The molecule has 9 nitrogen and oxygen atoms in total. The lowest BCUT2D eigenvalue weighted by Gasteiger charge is -2.40. The van der Waals surface area contributed by atoms with Crippen LogP contribution in [0.2, 0.25) is 0 Å². The fourth-order valence-electron chi connectivity index (χ4n) is 1.99. The number of amides is 1. The van der Waals surface area contributed by atoms with Crippen LogP contribution in [0.25, 0.3) is 0 Å². The maximum absolute atomic E-state index is 11.9. The Morgan fingerprint density at radius 3 is 2.44 bits per heavy atom. The number of aliphatic imine (C=N–C) groups is 1. The minimum absolute atomic E-state index is 0.0164. The van der Waals surface area contributed by atoms with E-state index in [1.807, 2.05) is 20.8 Å². The number of ether oxygens (including phenoxy) is 2. The third-order valence-electron chi connectivity index (χ3n) is 3.23. The highest BCUT2D eigenvalue weighted by Gasteiger charge is 2.34. The first-order valence-electron chi connectivity index (χ1n) is 8.21. The number of sulfone groups is 1. The predicted molar refractivity (Wildman–Crippen MR) is 96.6 cm³/mol. The lowest BCUT2D eigenvalue weighted by molar-refractivity contribution is 0.00700. The first kappa shape index (κ1) is 21.5. The van der Waals surface area contributed by atoms with Crippen LogP contribution in [0.15, 0.2) is 4.99 Å². The average Bonchev–Trinajstić information content (AvgIpc) is 2.40. The summed E-state index contributed by atoms with van der Waals surface area (Å²) in [5, 5.41) is 6.28. The monoisotopic (exact) mass is 378 g/mol. The summed E-state index contributed by atoms with van der Waals surface area (Å²) in [6.07, 6.45) is 0.868. The van der Waals surface area contributed by atoms with Crippen molar-refractivity contribution in [3.05, 3.63) is 0 Å². The summed E-state index contributed by atoms with van der Waals surface area (Å²) in [6.45, 7) is 7.69. The molecule has 0 aromatic rings. The number of rotatable bonds is 7. The second kappa shape index (κ2) is 9.23. The number of nitrogens with one attached hydrogen (secondary N) is 2. The van der Waals surface area contributed by atoms with Crippen LogP contribution in [0.4, 0.5) is 4.79 Å². The maximum atomic E-state index is 11.9. The molecule has 1 aliphatic rings. The topological polar surface area (TPSA) is 109 Å². The smallest absolute Gasteiger partial charge is 0.410 e. The Labute approximate surface area is 150 Å². The third-order valence-corrected chi connectivity index (χ3v) is 4.14. The van der Waals surface area contributed by atoms with Gasteiger partial charge in [0.25, 0.3) is 0 Å². The van der Waals surface area contributed by atoms with Gasteiger partial charge in [-0.2, -0.15) is 0 Å². The van der Waals surface area contributed by atoms with E-state index in [1.54, 1.807) is 11.9 Å². The van der Waals surface area contributed by atoms with Crippen LogP contribution in [0.1, 0.15) is 20.8 Å². The largest absolute Gasteiger partial charge is 0.444 e. The Morgan fingerprint density at radius 1 is 1.28 bits per heavy atom. The third kappa shape index (κ3) is 9.49. The van der Waals surface area contributed by atoms with Gasteiger partial charge in [0, 0.05) is 32.9 Å². The average molecular weight is 378 g/mol. The van der Waals surface area contributed by atoms with Gasteiger partial charge in [0.2, 0.25) is 0 Å². The molecule has 0 spiro atoms. The molecular weight excluding hydrogens is 348 g/mol. The van der Waals surface area contributed by atoms with Crippen molar-refractivity contribution < 1.29 is 22.7 Å². The number of hydrogen-bond acceptors (Lipinski definition) is 6. The normalized spacial score (nSPS) is 16.4. The Kier molecular flexibility index (Phi) is 7.94. The molecule has 0 radical (unpaired) electrons. The minimum atomic E-state index is -2.99. The number of likely N-dealkylation sites (tertiary alicyclic amines) is 1. The van der Waals surface area contributed by atoms with Crippen molar-refractivity contribution in [1.82, 2.24) is 15.5 Å². The van der Waals surface area contributed by atoms with E-state index in [2.05, 4.69) is 15.6 Å². The van der Waals surface area contributed by atoms with Crippen LogP contribution in [0.3, 0.4) is 0 Å². The summed E-state index contributed by atoms with van der Waals surface area (Å²) in [5.41, 5.74) is -0.496. The van der Waals surface area contributed by atoms with Crippen LogP contribution >= 0.6 is 0 Å². The van der Waals surface area contributed by atoms with E-state index < -0.39 is 15.4 Å². The van der Waals surface area contributed by atoms with Crippen molar-refractivity contribution in [2.75, 3.05) is 51.9 Å². The zero-order chi connectivity index (χ0) is 19.1. The molecule has 0 aromatic carbocycles. The van der Waals surface area contributed by atoms with Gasteiger partial charge in [-0.25, -0.2) is 13.2 Å². The summed E-state index contributed by atoms with van der Waals surface area (Å²) in [7, 11) is -1.33. The SMILES string of the molecule is CN=C(NCCOCCS(C)(=O)=O)NC1CN(C(=O)OC(C)(C)C)C1. The van der Waals surface area contributed by atoms with Crippen molar-refractivity contribution >= 4 is 21.9 Å². The zero-order valence-electron chi connectivity index (χ0n) is 15.7. The van der Waals surface area contributed by atoms with Gasteiger partial charge in [-0.05, 0) is 20.8 Å². The highest BCUT2D eigenvalue weighted by atomic mass is 32.2. The van der Waals surface area contributed by atoms with Crippen molar-refractivity contribution in [3.8, 4) is 0 Å². The molecule has 146 valence electrons. The van der Waals surface area contributed by atoms with Crippen LogP contribution in [-0.4, -0.2) is 88.9 Å². The molecule has 1 rings (SSSR count). The number of nitrogens with zero attached hydrogens (tertiary/aromatic N) is 2. The van der Waals surface area contributed by atoms with Gasteiger partial charge in [0.15, 0.2) is 5.96 Å². The second-order valence-electron chi connectivity index (χ2n) is 6.97. The molecule has 2 N–H and O–H groups in total. The van der Waals surface area contributed by atoms with Gasteiger partial charge in [-0.15, -0.1) is 0 Å². The van der Waals surface area contributed by atoms with E-state index in [1.165, 1.54) is 6.26 Å². The van der Waals surface area contributed by atoms with Gasteiger partial charge in [0.05, 0.1) is 25.0 Å². The summed E-state index contributed by atoms with van der Waals surface area (Å²) in [4.78, 5) is 17.6. The van der Waals surface area contributed by atoms with E-state index >= 15 is 0 Å². The van der Waals surface area contributed by atoms with Crippen LogP contribution in [0.5, 0.6) is 0 Å². The van der Waals surface area contributed by atoms with E-state index in [0.29, 0.717) is 32.2 Å². The van der Waals surface area contributed by atoms with Gasteiger partial charge >= 0.3 is 6.09 Å². The standard InChI is InChI=1S/C15H30N4O5S/c1-15(2,3)24-14(20)19-10-12(11-19)18-13(16-4)17-6-7-23-8-9-25(5,21)22/h12H,6-11H2,1-5H3,(H2,16,17,18). The molecule has 0 atom stereocenters. The molecule has 1 saturated heterocycles. The Morgan fingerprint density at radius 2 is 1.92 bits per heavy atom. The number of carbonyl (C=O) groups is 1. The van der Waals surface area contributed by atoms with Crippen molar-refractivity contribution in [3.63, 3.8) is 0 Å². The van der Waals surface area contributed by atoms with E-state index in [9.17, 15) is 13.2 Å². The Balaban J connectivity index is 2.17. The van der Waals surface area contributed by atoms with E-state index in [-0.39, 0.29) is 24.5 Å². The van der Waals surface area contributed by atoms with Crippen LogP contribution in [0, 0.1) is 0 Å². The lowest BCUT2D eigenvalue weighted by atomic mass is 10.1. The summed E-state index contributed by atoms with van der Waals surface area (Å²) < 4.78 is 32.5. The molecule has 10 heteroatoms. The fourth-order valence-corrected chi connectivity index (χ4v) is 2.41. The van der Waals surface area contributed by atoms with Crippen molar-refractivity contribution in [2.45, 2.75) is 32.4 Å². The zero-order valence-corrected chi connectivity index (χ0v) is 16.5. The minimum Gasteiger partial charge on any atom is -0.444 e. The lowest BCUT2D eigenvalue weighted by Crippen LogP contribution is -2.63. The van der Waals surface area contributed by atoms with E-state index in [0.717, 1.165) is 0 Å². The molecule has 1 fully saturated rings. The summed E-state index contributed by atoms with van der Waals surface area (Å²) in [6, 6.07) is 0.116. The molecule has 1 amide bonds. The summed E-state index contributed by atoms with van der Waals surface area (Å²) in [5.74, 6) is 0.628. The fraction of sp³-hybridized carbons (Fsp3) is 0.867. The van der Waals surface area contributed by atoms with Gasteiger partial charge < -0.3 is 25.0 Å². The summed E-state index contributed by atoms with van der Waals surface area (Å²) >= 11 is 0. The molecule has 1 aliphatic heterocycles. The number of carbonyl (C=O) groups excluding carboxylic acids is 1. The molecular formula is C15H30N4O5S. The molecule has 1 heterocycles. The molecule has 0 bridgehead atoms. The molecule has 0 saturated carbocycles. The van der Waals surface area contributed by atoms with Crippen molar-refractivity contribution in [1.29, 1.82) is 0 Å². The Bertz CT molecular complexity index is 565. The van der Waals surface area contributed by atoms with Gasteiger partial charge in [-0.3, -0.25) is 4.99 Å². The molecule has 0 aromatic heterocycles.